The van der Waals surface area contributed by atoms with E-state index in [-0.39, 0.29) is 12.5 Å². The van der Waals surface area contributed by atoms with Crippen LogP contribution in [0.2, 0.25) is 0 Å². The molecule has 1 saturated heterocycles. The smallest absolute Gasteiger partial charge is 0.191 e. The van der Waals surface area contributed by atoms with Crippen LogP contribution in [0.15, 0.2) is 35.3 Å². The zero-order valence-corrected chi connectivity index (χ0v) is 12.0. The van der Waals surface area contributed by atoms with Gasteiger partial charge in [-0.25, -0.2) is 0 Å². The van der Waals surface area contributed by atoms with E-state index in [0.717, 1.165) is 18.7 Å². The number of hydrogen-bond acceptors (Lipinski definition) is 2. The monoisotopic (exact) mass is 275 g/mol. The maximum Gasteiger partial charge on any atom is 0.191 e. The number of aliphatic hydroxyl groups is 1. The average Bonchev–Trinajstić information content (AvgIpc) is 2.78. The Morgan fingerprint density at radius 2 is 1.80 bits per heavy atom. The molecule has 20 heavy (non-hydrogen) atoms. The fraction of sp³-hybridized carbons (Fsp3) is 0.562. The molecule has 3 N–H and O–H groups in total. The first-order valence-electron chi connectivity index (χ1n) is 7.52. The van der Waals surface area contributed by atoms with Crippen molar-refractivity contribution in [2.75, 3.05) is 26.2 Å². The van der Waals surface area contributed by atoms with E-state index in [1.54, 1.807) is 0 Å². The van der Waals surface area contributed by atoms with Gasteiger partial charge >= 0.3 is 0 Å². The summed E-state index contributed by atoms with van der Waals surface area (Å²) in [5.41, 5.74) is 7.21. The van der Waals surface area contributed by atoms with E-state index in [9.17, 15) is 5.11 Å². The standard InChI is InChI=1S/C16H25N3O/c17-16(19-10-6-1-2-7-11-19)18-12-15(13-20)14-8-4-3-5-9-14/h3-5,8-9,15,20H,1-2,6-7,10-13H2,(H2,17,18). The van der Waals surface area contributed by atoms with Crippen LogP contribution in [0.25, 0.3) is 0 Å². The second kappa shape index (κ2) is 7.90. The molecule has 2 rings (SSSR count). The van der Waals surface area contributed by atoms with Gasteiger partial charge in [-0.15, -0.1) is 0 Å². The van der Waals surface area contributed by atoms with Crippen molar-refractivity contribution in [2.45, 2.75) is 31.6 Å². The summed E-state index contributed by atoms with van der Waals surface area (Å²) in [5, 5.41) is 9.52. The molecule has 1 unspecified atom stereocenters. The SMILES string of the molecule is NC(=NCC(CO)c1ccccc1)N1CCCCCC1. The van der Waals surface area contributed by atoms with E-state index >= 15 is 0 Å². The number of rotatable bonds is 4. The first kappa shape index (κ1) is 14.9. The van der Waals surface area contributed by atoms with Gasteiger partial charge in [0.15, 0.2) is 5.96 Å². The second-order valence-corrected chi connectivity index (χ2v) is 5.39. The van der Waals surface area contributed by atoms with E-state index in [4.69, 9.17) is 5.73 Å². The minimum Gasteiger partial charge on any atom is -0.396 e. The Morgan fingerprint density at radius 1 is 1.15 bits per heavy atom. The highest BCUT2D eigenvalue weighted by molar-refractivity contribution is 5.78. The molecule has 1 aromatic rings. The Balaban J connectivity index is 1.95. The van der Waals surface area contributed by atoms with Gasteiger partial charge in [-0.1, -0.05) is 43.2 Å². The summed E-state index contributed by atoms with van der Waals surface area (Å²) in [6.07, 6.45) is 4.96. The van der Waals surface area contributed by atoms with Crippen molar-refractivity contribution in [3.8, 4) is 0 Å². The van der Waals surface area contributed by atoms with Gasteiger partial charge in [-0.05, 0) is 18.4 Å². The molecule has 4 heteroatoms. The zero-order chi connectivity index (χ0) is 14.2. The van der Waals surface area contributed by atoms with Gasteiger partial charge in [0.2, 0.25) is 0 Å². The molecule has 0 radical (unpaired) electrons. The first-order valence-corrected chi connectivity index (χ1v) is 7.52. The summed E-state index contributed by atoms with van der Waals surface area (Å²) >= 11 is 0. The van der Waals surface area contributed by atoms with Gasteiger partial charge in [0.1, 0.15) is 0 Å². The Labute approximate surface area is 121 Å². The number of guanidine groups is 1. The topological polar surface area (TPSA) is 61.9 Å². The maximum atomic E-state index is 9.52. The molecular weight excluding hydrogens is 250 g/mol. The Kier molecular flexibility index (Phi) is 5.87. The third-order valence-electron chi connectivity index (χ3n) is 3.90. The number of benzene rings is 1. The van der Waals surface area contributed by atoms with Crippen LogP contribution >= 0.6 is 0 Å². The van der Waals surface area contributed by atoms with E-state index in [2.05, 4.69) is 9.89 Å². The fourth-order valence-corrected chi connectivity index (χ4v) is 2.60. The van der Waals surface area contributed by atoms with Crippen molar-refractivity contribution in [2.24, 2.45) is 10.7 Å². The van der Waals surface area contributed by atoms with Gasteiger partial charge in [0, 0.05) is 19.0 Å². The molecule has 0 bridgehead atoms. The fourth-order valence-electron chi connectivity index (χ4n) is 2.60. The molecule has 0 aromatic heterocycles. The molecule has 0 aliphatic carbocycles. The Hall–Kier alpha value is -1.55. The van der Waals surface area contributed by atoms with Crippen molar-refractivity contribution < 1.29 is 5.11 Å². The molecular formula is C16H25N3O. The normalized spacial score (nSPS) is 18.6. The van der Waals surface area contributed by atoms with E-state index in [0.29, 0.717) is 12.5 Å². The average molecular weight is 275 g/mol. The number of hydrogen-bond donors (Lipinski definition) is 2. The lowest BCUT2D eigenvalue weighted by Gasteiger charge is -2.22. The molecule has 1 aromatic carbocycles. The van der Waals surface area contributed by atoms with Crippen LogP contribution in [0.3, 0.4) is 0 Å². The van der Waals surface area contributed by atoms with Gasteiger partial charge in [-0.3, -0.25) is 4.99 Å². The second-order valence-electron chi connectivity index (χ2n) is 5.39. The van der Waals surface area contributed by atoms with Crippen LogP contribution in [0, 0.1) is 0 Å². The van der Waals surface area contributed by atoms with Crippen molar-refractivity contribution in [3.05, 3.63) is 35.9 Å². The van der Waals surface area contributed by atoms with Gasteiger partial charge < -0.3 is 15.7 Å². The molecule has 1 fully saturated rings. The van der Waals surface area contributed by atoms with Crippen molar-refractivity contribution >= 4 is 5.96 Å². The van der Waals surface area contributed by atoms with Crippen LogP contribution in [0.5, 0.6) is 0 Å². The quantitative estimate of drug-likeness (QED) is 0.652. The molecule has 1 heterocycles. The molecule has 0 saturated carbocycles. The predicted molar refractivity (Wildman–Crippen MR) is 82.8 cm³/mol. The van der Waals surface area contributed by atoms with E-state index < -0.39 is 0 Å². The third kappa shape index (κ3) is 4.23. The molecule has 1 aliphatic rings. The van der Waals surface area contributed by atoms with Crippen LogP contribution in [-0.4, -0.2) is 42.2 Å². The lowest BCUT2D eigenvalue weighted by molar-refractivity contribution is 0.267. The number of likely N-dealkylation sites (tertiary alicyclic amines) is 1. The molecule has 1 atom stereocenters. The molecule has 1 aliphatic heterocycles. The highest BCUT2D eigenvalue weighted by Gasteiger charge is 2.13. The van der Waals surface area contributed by atoms with Gasteiger partial charge in [0.25, 0.3) is 0 Å². The largest absolute Gasteiger partial charge is 0.396 e. The lowest BCUT2D eigenvalue weighted by Crippen LogP contribution is -2.38. The minimum absolute atomic E-state index is 0.0294. The summed E-state index contributed by atoms with van der Waals surface area (Å²) in [7, 11) is 0. The van der Waals surface area contributed by atoms with Crippen molar-refractivity contribution in [3.63, 3.8) is 0 Å². The summed E-state index contributed by atoms with van der Waals surface area (Å²) in [5.74, 6) is 0.656. The summed E-state index contributed by atoms with van der Waals surface area (Å²) in [6.45, 7) is 2.65. The number of nitrogens with zero attached hydrogens (tertiary/aromatic N) is 2. The van der Waals surface area contributed by atoms with Crippen molar-refractivity contribution in [1.82, 2.24) is 4.90 Å². The molecule has 0 spiro atoms. The number of aliphatic hydroxyl groups excluding tert-OH is 1. The van der Waals surface area contributed by atoms with Crippen LogP contribution in [0.4, 0.5) is 0 Å². The van der Waals surface area contributed by atoms with E-state index in [1.807, 2.05) is 30.3 Å². The Morgan fingerprint density at radius 3 is 2.40 bits per heavy atom. The van der Waals surface area contributed by atoms with Gasteiger partial charge in [0.05, 0.1) is 13.2 Å². The van der Waals surface area contributed by atoms with Gasteiger partial charge in [-0.2, -0.15) is 0 Å². The highest BCUT2D eigenvalue weighted by atomic mass is 16.3. The van der Waals surface area contributed by atoms with Crippen molar-refractivity contribution in [1.29, 1.82) is 0 Å². The molecule has 110 valence electrons. The van der Waals surface area contributed by atoms with Crippen LogP contribution in [-0.2, 0) is 0 Å². The summed E-state index contributed by atoms with van der Waals surface area (Å²) < 4.78 is 0. The predicted octanol–water partition coefficient (Wildman–Crippen LogP) is 1.95. The third-order valence-corrected chi connectivity index (χ3v) is 3.90. The maximum absolute atomic E-state index is 9.52. The number of aliphatic imine (C=N–C) groups is 1. The van der Waals surface area contributed by atoms with Crippen LogP contribution < -0.4 is 5.73 Å². The lowest BCUT2D eigenvalue weighted by atomic mass is 10.0. The Bertz CT molecular complexity index is 411. The molecule has 0 amide bonds. The summed E-state index contributed by atoms with van der Waals surface area (Å²) in [4.78, 5) is 6.67. The summed E-state index contributed by atoms with van der Waals surface area (Å²) in [6, 6.07) is 10.0. The van der Waals surface area contributed by atoms with E-state index in [1.165, 1.54) is 25.7 Å². The number of nitrogens with two attached hydrogens (primary N) is 1. The van der Waals surface area contributed by atoms with Crippen LogP contribution in [0.1, 0.15) is 37.2 Å². The highest BCUT2D eigenvalue weighted by Crippen LogP contribution is 2.15. The molecule has 4 nitrogen and oxygen atoms in total. The first-order chi connectivity index (χ1) is 9.81. The minimum atomic E-state index is 0.0294. The zero-order valence-electron chi connectivity index (χ0n) is 12.0.